The van der Waals surface area contributed by atoms with Crippen molar-refractivity contribution in [1.82, 2.24) is 0 Å². The molecule has 0 aliphatic heterocycles. The van der Waals surface area contributed by atoms with Gasteiger partial charge < -0.3 is 5.11 Å². The van der Waals surface area contributed by atoms with Gasteiger partial charge in [0.2, 0.25) is 0 Å². The Bertz CT molecular complexity index is 530. The van der Waals surface area contributed by atoms with Crippen LogP contribution in [0.1, 0.15) is 23.7 Å². The van der Waals surface area contributed by atoms with Gasteiger partial charge in [0, 0.05) is 18.9 Å². The van der Waals surface area contributed by atoms with Crippen molar-refractivity contribution in [2.75, 3.05) is 0 Å². The SMILES string of the molecule is CC(=O)SC(CC(=O)c1ccc(Cl)c(Cl)c1)C(=O)O. The standard InChI is InChI=1S/C12H10Cl2O4S/c1-6(15)19-11(12(17)18)5-10(16)7-2-3-8(13)9(14)4-7/h2-4,11H,5H2,1H3,(H,17,18). The summed E-state index contributed by atoms with van der Waals surface area (Å²) in [4.78, 5) is 33.8. The molecular weight excluding hydrogens is 311 g/mol. The van der Waals surface area contributed by atoms with Gasteiger partial charge in [-0.3, -0.25) is 14.4 Å². The van der Waals surface area contributed by atoms with Crippen molar-refractivity contribution in [3.63, 3.8) is 0 Å². The third kappa shape index (κ3) is 4.86. The zero-order valence-electron chi connectivity index (χ0n) is 9.85. The molecule has 1 rings (SSSR count). The minimum absolute atomic E-state index is 0.221. The Kier molecular flexibility index (Phi) is 5.85. The summed E-state index contributed by atoms with van der Waals surface area (Å²) in [6.07, 6.45) is -0.280. The summed E-state index contributed by atoms with van der Waals surface area (Å²) in [5.74, 6) is -1.60. The van der Waals surface area contributed by atoms with Crippen LogP contribution in [0.2, 0.25) is 10.0 Å². The third-order valence-electron chi connectivity index (χ3n) is 2.20. The van der Waals surface area contributed by atoms with Crippen molar-refractivity contribution in [2.24, 2.45) is 0 Å². The number of benzene rings is 1. The number of rotatable bonds is 5. The number of thioether (sulfide) groups is 1. The number of ketones is 1. The molecule has 1 aromatic carbocycles. The molecule has 0 aromatic heterocycles. The van der Waals surface area contributed by atoms with Crippen LogP contribution in [0.3, 0.4) is 0 Å². The second-order valence-electron chi connectivity index (χ2n) is 3.69. The normalized spacial score (nSPS) is 11.9. The lowest BCUT2D eigenvalue weighted by Gasteiger charge is -2.09. The van der Waals surface area contributed by atoms with E-state index in [9.17, 15) is 14.4 Å². The van der Waals surface area contributed by atoms with Crippen molar-refractivity contribution < 1.29 is 19.5 Å². The van der Waals surface area contributed by atoms with Crippen molar-refractivity contribution >= 4 is 51.8 Å². The van der Waals surface area contributed by atoms with E-state index in [1.165, 1.54) is 25.1 Å². The van der Waals surface area contributed by atoms with Crippen molar-refractivity contribution in [3.8, 4) is 0 Å². The highest BCUT2D eigenvalue weighted by molar-refractivity contribution is 8.14. The molecule has 0 aliphatic rings. The van der Waals surface area contributed by atoms with Crippen LogP contribution >= 0.6 is 35.0 Å². The number of aliphatic carboxylic acids is 1. The predicted octanol–water partition coefficient (Wildman–Crippen LogP) is 3.30. The highest BCUT2D eigenvalue weighted by atomic mass is 35.5. The summed E-state index contributed by atoms with van der Waals surface area (Å²) in [6, 6.07) is 4.31. The molecule has 0 amide bonds. The topological polar surface area (TPSA) is 71.4 Å². The highest BCUT2D eigenvalue weighted by Gasteiger charge is 2.24. The maximum Gasteiger partial charge on any atom is 0.317 e. The molecule has 0 radical (unpaired) electrons. The number of carbonyl (C=O) groups is 3. The van der Waals surface area contributed by atoms with E-state index in [0.717, 1.165) is 0 Å². The average molecular weight is 321 g/mol. The highest BCUT2D eigenvalue weighted by Crippen LogP contribution is 2.25. The van der Waals surface area contributed by atoms with Crippen molar-refractivity contribution in [3.05, 3.63) is 33.8 Å². The smallest absolute Gasteiger partial charge is 0.317 e. The number of hydrogen-bond donors (Lipinski definition) is 1. The Morgan fingerprint density at radius 1 is 1.26 bits per heavy atom. The van der Waals surface area contributed by atoms with E-state index in [0.29, 0.717) is 16.8 Å². The van der Waals surface area contributed by atoms with Gasteiger partial charge in [-0.05, 0) is 18.2 Å². The lowest BCUT2D eigenvalue weighted by molar-refractivity contribution is -0.136. The van der Waals surface area contributed by atoms with E-state index in [1.54, 1.807) is 0 Å². The third-order valence-corrected chi connectivity index (χ3v) is 3.92. The van der Waals surface area contributed by atoms with Gasteiger partial charge in [-0.1, -0.05) is 35.0 Å². The molecule has 1 unspecified atom stereocenters. The predicted molar refractivity (Wildman–Crippen MR) is 75.1 cm³/mol. The second kappa shape index (κ2) is 6.93. The minimum atomic E-state index is -1.20. The molecule has 1 atom stereocenters. The van der Waals surface area contributed by atoms with E-state index in [1.807, 2.05) is 0 Å². The first-order chi connectivity index (χ1) is 8.81. The Labute approximate surface area is 124 Å². The van der Waals surface area contributed by atoms with E-state index >= 15 is 0 Å². The van der Waals surface area contributed by atoms with E-state index in [-0.39, 0.29) is 22.1 Å². The summed E-state index contributed by atoms with van der Waals surface area (Å²) >= 11 is 12.1. The maximum atomic E-state index is 11.9. The molecule has 4 nitrogen and oxygen atoms in total. The summed E-state index contributed by atoms with van der Waals surface area (Å²) in [5.41, 5.74) is 0.268. The van der Waals surface area contributed by atoms with Crippen LogP contribution in [0.5, 0.6) is 0 Å². The van der Waals surface area contributed by atoms with E-state index in [4.69, 9.17) is 28.3 Å². The second-order valence-corrected chi connectivity index (χ2v) is 5.89. The molecule has 0 saturated carbocycles. The van der Waals surface area contributed by atoms with Crippen LogP contribution in [0.25, 0.3) is 0 Å². The number of carbonyl (C=O) groups excluding carboxylic acids is 2. The van der Waals surface area contributed by atoms with Crippen LogP contribution in [0.4, 0.5) is 0 Å². The first kappa shape index (κ1) is 16.0. The number of carboxylic acid groups (broad SMARTS) is 1. The fourth-order valence-corrected chi connectivity index (χ4v) is 2.37. The van der Waals surface area contributed by atoms with Gasteiger partial charge in [0.1, 0.15) is 5.25 Å². The van der Waals surface area contributed by atoms with Gasteiger partial charge in [-0.15, -0.1) is 0 Å². The van der Waals surface area contributed by atoms with Crippen LogP contribution < -0.4 is 0 Å². The zero-order valence-corrected chi connectivity index (χ0v) is 12.2. The molecule has 0 fully saturated rings. The maximum absolute atomic E-state index is 11.9. The van der Waals surface area contributed by atoms with Gasteiger partial charge in [-0.2, -0.15) is 0 Å². The number of hydrogen-bond acceptors (Lipinski definition) is 4. The molecule has 102 valence electrons. The average Bonchev–Trinajstić information content (AvgIpc) is 2.31. The first-order valence-corrected chi connectivity index (χ1v) is 6.83. The molecule has 1 N–H and O–H groups in total. The van der Waals surface area contributed by atoms with Crippen LogP contribution in [0, 0.1) is 0 Å². The Morgan fingerprint density at radius 2 is 1.89 bits per heavy atom. The van der Waals surface area contributed by atoms with Crippen LogP contribution in [-0.4, -0.2) is 27.2 Å². The molecule has 0 heterocycles. The zero-order chi connectivity index (χ0) is 14.6. The number of halogens is 2. The lowest BCUT2D eigenvalue weighted by atomic mass is 10.1. The fourth-order valence-electron chi connectivity index (χ4n) is 1.34. The summed E-state index contributed by atoms with van der Waals surface area (Å²) in [7, 11) is 0. The Morgan fingerprint density at radius 3 is 2.37 bits per heavy atom. The molecule has 0 saturated heterocycles. The molecule has 19 heavy (non-hydrogen) atoms. The molecule has 0 bridgehead atoms. The summed E-state index contributed by atoms with van der Waals surface area (Å²) in [6.45, 7) is 1.25. The van der Waals surface area contributed by atoms with Crippen LogP contribution in [-0.2, 0) is 9.59 Å². The van der Waals surface area contributed by atoms with E-state index in [2.05, 4.69) is 0 Å². The molecular formula is C12H10Cl2O4S. The van der Waals surface area contributed by atoms with Crippen molar-refractivity contribution in [1.29, 1.82) is 0 Å². The van der Waals surface area contributed by atoms with Gasteiger partial charge in [0.25, 0.3) is 0 Å². The van der Waals surface area contributed by atoms with Crippen molar-refractivity contribution in [2.45, 2.75) is 18.6 Å². The Hall–Kier alpha value is -1.04. The van der Waals surface area contributed by atoms with Gasteiger partial charge >= 0.3 is 5.97 Å². The fraction of sp³-hybridized carbons (Fsp3) is 0.250. The number of Topliss-reactive ketones (excluding diaryl/α,β-unsaturated/α-hetero) is 1. The monoisotopic (exact) mass is 320 g/mol. The number of carboxylic acids is 1. The molecule has 7 heteroatoms. The summed E-state index contributed by atoms with van der Waals surface area (Å²) < 4.78 is 0. The molecule has 1 aromatic rings. The largest absolute Gasteiger partial charge is 0.480 e. The first-order valence-electron chi connectivity index (χ1n) is 5.19. The van der Waals surface area contributed by atoms with Gasteiger partial charge in [0.05, 0.1) is 10.0 Å². The molecule has 0 aliphatic carbocycles. The van der Waals surface area contributed by atoms with Gasteiger partial charge in [-0.25, -0.2) is 0 Å². The Balaban J connectivity index is 2.84. The quantitative estimate of drug-likeness (QED) is 0.843. The minimum Gasteiger partial charge on any atom is -0.480 e. The van der Waals surface area contributed by atoms with Crippen LogP contribution in [0.15, 0.2) is 18.2 Å². The van der Waals surface area contributed by atoms with E-state index < -0.39 is 17.0 Å². The lowest BCUT2D eigenvalue weighted by Crippen LogP contribution is -2.21. The molecule has 0 spiro atoms. The van der Waals surface area contributed by atoms with Gasteiger partial charge in [0.15, 0.2) is 10.9 Å². The summed E-state index contributed by atoms with van der Waals surface area (Å²) in [5, 5.41) is 8.03.